The number of aromatic hydroxyl groups is 1. The predicted octanol–water partition coefficient (Wildman–Crippen LogP) is 5.18. The minimum Gasteiger partial charge on any atom is -0.508 e. The highest BCUT2D eigenvalue weighted by Gasteiger charge is 2.09. The van der Waals surface area contributed by atoms with Crippen molar-refractivity contribution in [2.24, 2.45) is 0 Å². The number of rotatable bonds is 6. The molecule has 0 aliphatic carbocycles. The van der Waals surface area contributed by atoms with Crippen molar-refractivity contribution in [3.63, 3.8) is 0 Å². The normalized spacial score (nSPS) is 11.2. The zero-order valence-electron chi connectivity index (χ0n) is 14.5. The summed E-state index contributed by atoms with van der Waals surface area (Å²) >= 11 is 6.05. The van der Waals surface area contributed by atoms with Gasteiger partial charge in [-0.05, 0) is 55.6 Å². The Morgan fingerprint density at radius 3 is 2.68 bits per heavy atom. The van der Waals surface area contributed by atoms with E-state index >= 15 is 0 Å². The van der Waals surface area contributed by atoms with Gasteiger partial charge < -0.3 is 10.4 Å². The molecule has 0 spiro atoms. The molecule has 0 amide bonds. The van der Waals surface area contributed by atoms with Crippen molar-refractivity contribution in [3.05, 3.63) is 59.2 Å². The lowest BCUT2D eigenvalue weighted by molar-refractivity contribution is 0.291. The molecule has 2 N–H and O–H groups in total. The van der Waals surface area contributed by atoms with Gasteiger partial charge >= 0.3 is 0 Å². The summed E-state index contributed by atoms with van der Waals surface area (Å²) in [5.74, 6) is 0.323. The van der Waals surface area contributed by atoms with Crippen LogP contribution in [0, 0.1) is 0 Å². The van der Waals surface area contributed by atoms with Crippen LogP contribution in [0.2, 0.25) is 5.02 Å². The number of halogens is 1. The summed E-state index contributed by atoms with van der Waals surface area (Å²) in [7, 11) is 0. The second-order valence-corrected chi connectivity index (χ2v) is 6.39. The molecule has 1 aromatic heterocycles. The molecule has 4 nitrogen and oxygen atoms in total. The van der Waals surface area contributed by atoms with E-state index in [0.717, 1.165) is 47.5 Å². The van der Waals surface area contributed by atoms with Crippen LogP contribution in [-0.4, -0.2) is 28.1 Å². The van der Waals surface area contributed by atoms with Crippen LogP contribution < -0.4 is 5.32 Å². The van der Waals surface area contributed by atoms with E-state index in [-0.39, 0.29) is 0 Å². The van der Waals surface area contributed by atoms with Gasteiger partial charge in [0.05, 0.1) is 5.52 Å². The Balaban J connectivity index is 1.91. The first-order valence-corrected chi connectivity index (χ1v) is 8.84. The topological polar surface area (TPSA) is 48.4 Å². The maximum Gasteiger partial charge on any atom is 0.120 e. The fraction of sp³-hybridized carbons (Fsp3) is 0.250. The van der Waals surface area contributed by atoms with Crippen LogP contribution in [0.15, 0.2) is 48.7 Å². The standard InChI is InChI=1S/C20H22ClN3O/c1-3-24(4-2)13-14-11-16(6-8-20(14)25)23-18-9-10-22-19-12-15(21)5-7-17(18)19/h5-12,25H,3-4,13H2,1-2H3,(H,22,23)/i3+2,4+2. The average molecular weight is 360 g/mol. The molecule has 2 aromatic carbocycles. The van der Waals surface area contributed by atoms with E-state index in [1.807, 2.05) is 36.4 Å². The van der Waals surface area contributed by atoms with E-state index in [0.29, 0.717) is 10.8 Å². The first kappa shape index (κ1) is 17.5. The largest absolute Gasteiger partial charge is 0.508 e. The fourth-order valence-electron chi connectivity index (χ4n) is 2.86. The molecular formula is C20H22ClN3O. The van der Waals surface area contributed by atoms with Crippen LogP contribution in [-0.2, 0) is 6.54 Å². The lowest BCUT2D eigenvalue weighted by Gasteiger charge is -2.19. The molecule has 130 valence electrons. The monoisotopic (exact) mass is 359 g/mol. The molecule has 0 saturated carbocycles. The smallest absolute Gasteiger partial charge is 0.120 e. The highest BCUT2D eigenvalue weighted by Crippen LogP contribution is 2.29. The van der Waals surface area contributed by atoms with E-state index in [1.54, 1.807) is 12.3 Å². The molecule has 25 heavy (non-hydrogen) atoms. The molecule has 0 saturated heterocycles. The number of hydrogen-bond acceptors (Lipinski definition) is 4. The second kappa shape index (κ2) is 7.72. The van der Waals surface area contributed by atoms with Gasteiger partial charge in [0.15, 0.2) is 0 Å². The Hall–Kier alpha value is -2.30. The molecule has 0 bridgehead atoms. The zero-order valence-corrected chi connectivity index (χ0v) is 15.2. The predicted molar refractivity (Wildman–Crippen MR) is 105 cm³/mol. The number of phenols is 1. The molecule has 0 aliphatic heterocycles. The summed E-state index contributed by atoms with van der Waals surface area (Å²) in [5.41, 5.74) is 3.65. The van der Waals surface area contributed by atoms with Crippen molar-refractivity contribution in [2.45, 2.75) is 20.4 Å². The fourth-order valence-corrected chi connectivity index (χ4v) is 3.03. The molecule has 5 heteroatoms. The third-order valence-electron chi connectivity index (χ3n) is 4.35. The molecule has 0 radical (unpaired) electrons. The summed E-state index contributed by atoms with van der Waals surface area (Å²) in [6.07, 6.45) is 1.76. The summed E-state index contributed by atoms with van der Waals surface area (Å²) in [6.45, 7) is 6.86. The maximum atomic E-state index is 10.2. The molecule has 0 atom stereocenters. The number of nitrogens with one attached hydrogen (secondary N) is 1. The van der Waals surface area contributed by atoms with E-state index in [2.05, 4.69) is 29.0 Å². The zero-order chi connectivity index (χ0) is 17.8. The number of phenolic OH excluding ortho intramolecular Hbond substituents is 1. The highest BCUT2D eigenvalue weighted by atomic mass is 35.5. The Morgan fingerprint density at radius 2 is 1.92 bits per heavy atom. The number of pyridine rings is 1. The second-order valence-electron chi connectivity index (χ2n) is 5.95. The molecule has 1 heterocycles. The van der Waals surface area contributed by atoms with E-state index < -0.39 is 0 Å². The summed E-state index contributed by atoms with van der Waals surface area (Å²) in [5, 5.41) is 15.3. The van der Waals surface area contributed by atoms with Gasteiger partial charge in [0, 0.05) is 40.1 Å². The Kier molecular flexibility index (Phi) is 5.41. The van der Waals surface area contributed by atoms with Crippen molar-refractivity contribution in [1.82, 2.24) is 9.88 Å². The first-order chi connectivity index (χ1) is 12.1. The van der Waals surface area contributed by atoms with Crippen LogP contribution in [0.25, 0.3) is 10.9 Å². The number of nitrogens with zero attached hydrogens (tertiary/aromatic N) is 2. The SMILES string of the molecule is C[14CH2]N(Cc1cc(Nc2ccnc3cc(Cl)ccc23)ccc1O)[14CH2]C. The Labute approximate surface area is 153 Å². The molecule has 0 aliphatic rings. The van der Waals surface area contributed by atoms with Gasteiger partial charge in [0.2, 0.25) is 0 Å². The lowest BCUT2D eigenvalue weighted by atomic mass is 10.1. The summed E-state index contributed by atoms with van der Waals surface area (Å²) in [4.78, 5) is 6.63. The molecule has 3 aromatic rings. The van der Waals surface area contributed by atoms with Gasteiger partial charge in [0.1, 0.15) is 5.75 Å². The van der Waals surface area contributed by atoms with Gasteiger partial charge in [-0.25, -0.2) is 0 Å². The number of benzene rings is 2. The van der Waals surface area contributed by atoms with Gasteiger partial charge in [0.25, 0.3) is 0 Å². The van der Waals surface area contributed by atoms with Crippen LogP contribution in [0.1, 0.15) is 19.4 Å². The number of aromatic nitrogens is 1. The highest BCUT2D eigenvalue weighted by molar-refractivity contribution is 6.31. The maximum absolute atomic E-state index is 10.2. The number of anilines is 2. The van der Waals surface area contributed by atoms with Crippen LogP contribution in [0.3, 0.4) is 0 Å². The third kappa shape index (κ3) is 4.03. The van der Waals surface area contributed by atoms with Crippen LogP contribution in [0.5, 0.6) is 5.75 Å². The Morgan fingerprint density at radius 1 is 1.12 bits per heavy atom. The van der Waals surface area contributed by atoms with Crippen molar-refractivity contribution in [3.8, 4) is 5.75 Å². The molecular weight excluding hydrogens is 338 g/mol. The minimum absolute atomic E-state index is 0.323. The quantitative estimate of drug-likeness (QED) is 0.595. The molecule has 3 rings (SSSR count). The molecule has 0 unspecified atom stereocenters. The summed E-state index contributed by atoms with van der Waals surface area (Å²) in [6, 6.07) is 13.2. The lowest BCUT2D eigenvalue weighted by Crippen LogP contribution is -2.22. The average Bonchev–Trinajstić information content (AvgIpc) is 2.62. The van der Waals surface area contributed by atoms with Crippen molar-refractivity contribution in [1.29, 1.82) is 0 Å². The third-order valence-corrected chi connectivity index (χ3v) is 4.59. The van der Waals surface area contributed by atoms with Crippen molar-refractivity contribution in [2.75, 3.05) is 18.4 Å². The van der Waals surface area contributed by atoms with E-state index in [4.69, 9.17) is 11.6 Å². The first-order valence-electron chi connectivity index (χ1n) is 8.46. The molecule has 0 fully saturated rings. The van der Waals surface area contributed by atoms with Gasteiger partial charge in [-0.1, -0.05) is 25.4 Å². The van der Waals surface area contributed by atoms with Crippen LogP contribution in [0.4, 0.5) is 11.4 Å². The van der Waals surface area contributed by atoms with Gasteiger partial charge in [-0.2, -0.15) is 0 Å². The van der Waals surface area contributed by atoms with E-state index in [1.165, 1.54) is 0 Å². The van der Waals surface area contributed by atoms with Gasteiger partial charge in [-0.15, -0.1) is 0 Å². The minimum atomic E-state index is 0.323. The van der Waals surface area contributed by atoms with Crippen molar-refractivity contribution < 1.29 is 5.11 Å². The van der Waals surface area contributed by atoms with Crippen molar-refractivity contribution >= 4 is 33.9 Å². The number of fused-ring (bicyclic) bond motifs is 1. The van der Waals surface area contributed by atoms with Crippen LogP contribution >= 0.6 is 11.6 Å². The summed E-state index contributed by atoms with van der Waals surface area (Å²) < 4.78 is 0. The number of hydrogen-bond donors (Lipinski definition) is 2. The Bertz CT molecular complexity index is 878. The van der Waals surface area contributed by atoms with E-state index in [9.17, 15) is 5.11 Å². The van der Waals surface area contributed by atoms with Gasteiger partial charge in [-0.3, -0.25) is 9.88 Å².